The van der Waals surface area contributed by atoms with Crippen molar-refractivity contribution < 1.29 is 5.11 Å². The Morgan fingerprint density at radius 3 is 2.56 bits per heavy atom. The number of aromatic nitrogens is 2. The van der Waals surface area contributed by atoms with Gasteiger partial charge in [0, 0.05) is 25.5 Å². The Bertz CT molecular complexity index is 351. The maximum Gasteiger partial charge on any atom is 0.171 e. The van der Waals surface area contributed by atoms with Gasteiger partial charge in [0.15, 0.2) is 11.0 Å². The van der Waals surface area contributed by atoms with Crippen LogP contribution in [0.3, 0.4) is 0 Å². The van der Waals surface area contributed by atoms with E-state index in [1.807, 2.05) is 6.92 Å². The quantitative estimate of drug-likeness (QED) is 0.857. The average Bonchev–Trinajstić information content (AvgIpc) is 2.30. The molecule has 1 saturated heterocycles. The van der Waals surface area contributed by atoms with E-state index in [1.165, 1.54) is 0 Å². The van der Waals surface area contributed by atoms with Gasteiger partial charge in [-0.25, -0.2) is 9.97 Å². The first kappa shape index (κ1) is 11.6. The molecule has 1 fully saturated rings. The number of rotatable bonds is 2. The summed E-state index contributed by atoms with van der Waals surface area (Å²) in [4.78, 5) is 10.4. The summed E-state index contributed by atoms with van der Waals surface area (Å²) in [6, 6.07) is 0. The fourth-order valence-electron chi connectivity index (χ4n) is 2.12. The largest absolute Gasteiger partial charge is 0.393 e. The zero-order valence-corrected chi connectivity index (χ0v) is 10.1. The van der Waals surface area contributed by atoms with E-state index in [9.17, 15) is 5.11 Å². The number of nitrogens with zero attached hydrogens (tertiary/aromatic N) is 3. The van der Waals surface area contributed by atoms with Crippen LogP contribution in [0.5, 0.6) is 0 Å². The van der Waals surface area contributed by atoms with Crippen molar-refractivity contribution in [2.24, 2.45) is 5.92 Å². The molecule has 1 aromatic rings. The van der Waals surface area contributed by atoms with Gasteiger partial charge < -0.3 is 10.0 Å². The van der Waals surface area contributed by atoms with Crippen molar-refractivity contribution in [1.29, 1.82) is 0 Å². The number of aliphatic hydroxyl groups excluding tert-OH is 1. The van der Waals surface area contributed by atoms with Crippen LogP contribution < -0.4 is 4.90 Å². The van der Waals surface area contributed by atoms with Crippen LogP contribution in [0.1, 0.15) is 19.8 Å². The van der Waals surface area contributed by atoms with Crippen LogP contribution in [0, 0.1) is 5.92 Å². The second kappa shape index (κ2) is 4.97. The minimum atomic E-state index is -0.223. The molecule has 0 bridgehead atoms. The standard InChI is InChI=1S/C11H16ClN3O/c1-8(16)9-2-6-15(7-3-9)11-10(12)13-4-5-14-11/h4-5,8-9,16H,2-3,6-7H2,1H3. The lowest BCUT2D eigenvalue weighted by atomic mass is 9.92. The zero-order valence-electron chi connectivity index (χ0n) is 9.30. The number of halogens is 1. The molecule has 16 heavy (non-hydrogen) atoms. The highest BCUT2D eigenvalue weighted by molar-refractivity contribution is 6.31. The third-order valence-electron chi connectivity index (χ3n) is 3.16. The third kappa shape index (κ3) is 2.44. The van der Waals surface area contributed by atoms with E-state index < -0.39 is 0 Å². The van der Waals surface area contributed by atoms with Gasteiger partial charge in [0.1, 0.15) is 0 Å². The first-order valence-electron chi connectivity index (χ1n) is 5.58. The molecule has 1 aromatic heterocycles. The van der Waals surface area contributed by atoms with Crippen LogP contribution in [-0.2, 0) is 0 Å². The number of anilines is 1. The Morgan fingerprint density at radius 2 is 2.00 bits per heavy atom. The Morgan fingerprint density at radius 1 is 1.38 bits per heavy atom. The predicted octanol–water partition coefficient (Wildman–Crippen LogP) is 1.73. The van der Waals surface area contributed by atoms with E-state index in [0.29, 0.717) is 11.1 Å². The van der Waals surface area contributed by atoms with Crippen LogP contribution in [0.25, 0.3) is 0 Å². The molecule has 0 aliphatic carbocycles. The highest BCUT2D eigenvalue weighted by Crippen LogP contribution is 2.27. The molecule has 1 atom stereocenters. The van der Waals surface area contributed by atoms with Crippen molar-refractivity contribution in [3.05, 3.63) is 17.5 Å². The lowest BCUT2D eigenvalue weighted by molar-refractivity contribution is 0.110. The molecule has 0 saturated carbocycles. The van der Waals surface area contributed by atoms with E-state index in [4.69, 9.17) is 11.6 Å². The van der Waals surface area contributed by atoms with Crippen LogP contribution in [0.4, 0.5) is 5.82 Å². The topological polar surface area (TPSA) is 49.2 Å². The van der Waals surface area contributed by atoms with Crippen molar-refractivity contribution in [2.75, 3.05) is 18.0 Å². The number of hydrogen-bond acceptors (Lipinski definition) is 4. The fraction of sp³-hybridized carbons (Fsp3) is 0.636. The summed E-state index contributed by atoms with van der Waals surface area (Å²) in [5, 5.41) is 9.97. The molecule has 4 nitrogen and oxygen atoms in total. The number of hydrogen-bond donors (Lipinski definition) is 1. The van der Waals surface area contributed by atoms with E-state index >= 15 is 0 Å². The van der Waals surface area contributed by atoms with Gasteiger partial charge in [-0.05, 0) is 25.7 Å². The first-order chi connectivity index (χ1) is 7.68. The lowest BCUT2D eigenvalue weighted by Gasteiger charge is -2.34. The Labute approximate surface area is 100 Å². The van der Waals surface area contributed by atoms with Gasteiger partial charge in [0.25, 0.3) is 0 Å². The van der Waals surface area contributed by atoms with Crippen molar-refractivity contribution >= 4 is 17.4 Å². The number of aliphatic hydroxyl groups is 1. The first-order valence-corrected chi connectivity index (χ1v) is 5.96. The summed E-state index contributed by atoms with van der Waals surface area (Å²) in [5.41, 5.74) is 0. The maximum absolute atomic E-state index is 9.52. The van der Waals surface area contributed by atoms with Gasteiger partial charge in [0.2, 0.25) is 0 Å². The Balaban J connectivity index is 2.02. The summed E-state index contributed by atoms with van der Waals surface area (Å²) in [6.45, 7) is 3.62. The van der Waals surface area contributed by atoms with E-state index in [2.05, 4.69) is 14.9 Å². The Kier molecular flexibility index (Phi) is 3.61. The molecule has 1 aliphatic heterocycles. The third-order valence-corrected chi connectivity index (χ3v) is 3.42. The normalized spacial score (nSPS) is 19.8. The molecule has 1 unspecified atom stereocenters. The monoisotopic (exact) mass is 241 g/mol. The highest BCUT2D eigenvalue weighted by atomic mass is 35.5. The maximum atomic E-state index is 9.52. The molecule has 5 heteroatoms. The summed E-state index contributed by atoms with van der Waals surface area (Å²) < 4.78 is 0. The van der Waals surface area contributed by atoms with E-state index in [0.717, 1.165) is 31.7 Å². The molecule has 88 valence electrons. The fourth-order valence-corrected chi connectivity index (χ4v) is 2.34. The molecular formula is C11H16ClN3O. The summed E-state index contributed by atoms with van der Waals surface area (Å²) in [7, 11) is 0. The lowest BCUT2D eigenvalue weighted by Crippen LogP contribution is -2.37. The van der Waals surface area contributed by atoms with Gasteiger partial charge in [0.05, 0.1) is 6.10 Å². The van der Waals surface area contributed by atoms with Crippen molar-refractivity contribution in [2.45, 2.75) is 25.9 Å². The van der Waals surface area contributed by atoms with Crippen LogP contribution >= 0.6 is 11.6 Å². The average molecular weight is 242 g/mol. The minimum absolute atomic E-state index is 0.223. The second-order valence-corrected chi connectivity index (χ2v) is 4.59. The molecule has 0 spiro atoms. The van der Waals surface area contributed by atoms with E-state index in [-0.39, 0.29) is 6.10 Å². The molecule has 0 radical (unpaired) electrons. The zero-order chi connectivity index (χ0) is 11.5. The van der Waals surface area contributed by atoms with E-state index in [1.54, 1.807) is 12.4 Å². The van der Waals surface area contributed by atoms with Crippen LogP contribution in [-0.4, -0.2) is 34.3 Å². The predicted molar refractivity (Wildman–Crippen MR) is 63.7 cm³/mol. The molecule has 2 rings (SSSR count). The van der Waals surface area contributed by atoms with Crippen LogP contribution in [0.2, 0.25) is 5.15 Å². The van der Waals surface area contributed by atoms with Gasteiger partial charge in [-0.3, -0.25) is 0 Å². The molecule has 0 aromatic carbocycles. The van der Waals surface area contributed by atoms with Crippen molar-refractivity contribution in [3.8, 4) is 0 Å². The molecular weight excluding hydrogens is 226 g/mol. The summed E-state index contributed by atoms with van der Waals surface area (Å²) in [5.74, 6) is 1.15. The minimum Gasteiger partial charge on any atom is -0.393 e. The van der Waals surface area contributed by atoms with Crippen molar-refractivity contribution in [1.82, 2.24) is 9.97 Å². The summed E-state index contributed by atoms with van der Waals surface area (Å²) in [6.07, 6.45) is 4.98. The highest BCUT2D eigenvalue weighted by Gasteiger charge is 2.24. The van der Waals surface area contributed by atoms with Crippen molar-refractivity contribution in [3.63, 3.8) is 0 Å². The van der Waals surface area contributed by atoms with Gasteiger partial charge in [-0.15, -0.1) is 0 Å². The Hall–Kier alpha value is -0.870. The summed E-state index contributed by atoms with van der Waals surface area (Å²) >= 11 is 5.99. The molecule has 2 heterocycles. The van der Waals surface area contributed by atoms with Gasteiger partial charge in [-0.1, -0.05) is 11.6 Å². The van der Waals surface area contributed by atoms with Crippen LogP contribution in [0.15, 0.2) is 12.4 Å². The number of piperidine rings is 1. The molecule has 0 amide bonds. The smallest absolute Gasteiger partial charge is 0.171 e. The molecule has 1 aliphatic rings. The second-order valence-electron chi connectivity index (χ2n) is 4.24. The van der Waals surface area contributed by atoms with Gasteiger partial charge in [-0.2, -0.15) is 0 Å². The SMILES string of the molecule is CC(O)C1CCN(c2nccnc2Cl)CC1. The van der Waals surface area contributed by atoms with Gasteiger partial charge >= 0.3 is 0 Å². The molecule has 1 N–H and O–H groups in total.